The lowest BCUT2D eigenvalue weighted by molar-refractivity contribution is 0.0839. The van der Waals surface area contributed by atoms with E-state index in [9.17, 15) is 35.4 Å². The van der Waals surface area contributed by atoms with E-state index in [0.717, 1.165) is 11.6 Å². The van der Waals surface area contributed by atoms with E-state index in [0.29, 0.717) is 28.0 Å². The zero-order valence-electron chi connectivity index (χ0n) is 23.4. The Labute approximate surface area is 247 Å². The van der Waals surface area contributed by atoms with Gasteiger partial charge >= 0.3 is 0 Å². The molecule has 2 aliphatic rings. The maximum absolute atomic E-state index is 13.3. The first-order valence-electron chi connectivity index (χ1n) is 13.8. The first-order chi connectivity index (χ1) is 20.5. The van der Waals surface area contributed by atoms with E-state index in [2.05, 4.69) is 0 Å². The van der Waals surface area contributed by atoms with Crippen LogP contribution in [0.15, 0.2) is 72.3 Å². The van der Waals surface area contributed by atoms with Gasteiger partial charge in [0, 0.05) is 34.9 Å². The van der Waals surface area contributed by atoms with Crippen LogP contribution < -0.4 is 9.47 Å². The molecule has 2 aliphatic heterocycles. The normalized spacial score (nSPS) is 18.7. The highest BCUT2D eigenvalue weighted by atomic mass is 16.5. The SMILES string of the molecule is CC(C)=CCc1c(O)cc(O)c2c1O[C@@H](c1cc3c(cc1O)O[C@@H](c1ccc(O)cc1)[C@@H]3c1cc(O)cc(O)c1)CC2=O. The predicted molar refractivity (Wildman–Crippen MR) is 156 cm³/mol. The molecule has 0 fully saturated rings. The number of rotatable bonds is 5. The van der Waals surface area contributed by atoms with E-state index < -0.39 is 23.9 Å². The second kappa shape index (κ2) is 10.5. The third-order valence-corrected chi connectivity index (χ3v) is 7.87. The number of phenolic OH excluding ortho intramolecular Hbond substituents is 6. The molecule has 0 aromatic heterocycles. The van der Waals surface area contributed by atoms with Gasteiger partial charge in [-0.15, -0.1) is 0 Å². The van der Waals surface area contributed by atoms with Crippen LogP contribution in [0.25, 0.3) is 0 Å². The van der Waals surface area contributed by atoms with Gasteiger partial charge in [0.25, 0.3) is 0 Å². The number of phenols is 6. The Morgan fingerprint density at radius 1 is 0.767 bits per heavy atom. The van der Waals surface area contributed by atoms with Crippen molar-refractivity contribution in [2.75, 3.05) is 0 Å². The molecular weight excluding hydrogens is 552 g/mol. The standard InChI is InChI=1S/C34H30O9/c1-16(2)3-8-22-25(38)13-27(40)32-28(41)15-29(43-34(22)32)23-12-24-30(14-26(23)39)42-33(17-4-6-19(35)7-5-17)31(24)18-9-20(36)11-21(37)10-18/h3-7,9-14,29,31,33,35-40H,8,15H2,1-2H3/t29-,31-,33+/m1/s1. The van der Waals surface area contributed by atoms with Crippen LogP contribution in [0, 0.1) is 0 Å². The van der Waals surface area contributed by atoms with E-state index in [-0.39, 0.29) is 64.2 Å². The molecule has 2 heterocycles. The molecule has 0 saturated heterocycles. The van der Waals surface area contributed by atoms with Gasteiger partial charge in [0.05, 0.1) is 12.3 Å². The van der Waals surface area contributed by atoms with E-state index >= 15 is 0 Å². The summed E-state index contributed by atoms with van der Waals surface area (Å²) in [5.74, 6) is -1.55. The molecule has 4 aromatic rings. The van der Waals surface area contributed by atoms with Gasteiger partial charge in [0.2, 0.25) is 0 Å². The molecule has 0 unspecified atom stereocenters. The highest BCUT2D eigenvalue weighted by molar-refractivity contribution is 6.03. The van der Waals surface area contributed by atoms with E-state index in [1.807, 2.05) is 19.9 Å². The molecule has 4 aromatic carbocycles. The molecule has 6 N–H and O–H groups in total. The van der Waals surface area contributed by atoms with Crippen LogP contribution in [-0.4, -0.2) is 36.4 Å². The number of ether oxygens (including phenoxy) is 2. The van der Waals surface area contributed by atoms with Crippen molar-refractivity contribution in [1.29, 1.82) is 0 Å². The summed E-state index contributed by atoms with van der Waals surface area (Å²) < 4.78 is 12.6. The molecule has 0 radical (unpaired) electrons. The second-order valence-corrected chi connectivity index (χ2v) is 11.2. The zero-order chi connectivity index (χ0) is 30.6. The summed E-state index contributed by atoms with van der Waals surface area (Å²) in [7, 11) is 0. The van der Waals surface area contributed by atoms with Gasteiger partial charge in [0.15, 0.2) is 5.78 Å². The monoisotopic (exact) mass is 582 g/mol. The predicted octanol–water partition coefficient (Wildman–Crippen LogP) is 6.40. The lowest BCUT2D eigenvalue weighted by Crippen LogP contribution is -2.22. The average Bonchev–Trinajstić information content (AvgIpc) is 3.29. The molecule has 220 valence electrons. The topological polar surface area (TPSA) is 157 Å². The van der Waals surface area contributed by atoms with Crippen molar-refractivity contribution in [2.24, 2.45) is 0 Å². The first kappa shape index (κ1) is 27.8. The molecule has 3 atom stereocenters. The maximum Gasteiger partial charge on any atom is 0.174 e. The van der Waals surface area contributed by atoms with Crippen LogP contribution in [0.5, 0.6) is 46.0 Å². The fraction of sp³-hybridized carbons (Fsp3) is 0.206. The fourth-order valence-corrected chi connectivity index (χ4v) is 5.85. The molecule has 43 heavy (non-hydrogen) atoms. The Bertz CT molecular complexity index is 1770. The number of hydrogen-bond donors (Lipinski definition) is 6. The first-order valence-corrected chi connectivity index (χ1v) is 13.8. The highest BCUT2D eigenvalue weighted by Crippen LogP contribution is 2.54. The molecule has 0 spiro atoms. The van der Waals surface area contributed by atoms with Crippen LogP contribution in [-0.2, 0) is 6.42 Å². The van der Waals surface area contributed by atoms with Gasteiger partial charge in [-0.05, 0) is 61.7 Å². The van der Waals surface area contributed by atoms with Crippen molar-refractivity contribution >= 4 is 5.78 Å². The van der Waals surface area contributed by atoms with E-state index in [1.54, 1.807) is 18.2 Å². The molecular formula is C34H30O9. The van der Waals surface area contributed by atoms with Gasteiger partial charge in [-0.2, -0.15) is 0 Å². The second-order valence-electron chi connectivity index (χ2n) is 11.2. The quantitative estimate of drug-likeness (QED) is 0.147. The Morgan fingerprint density at radius 3 is 2.14 bits per heavy atom. The van der Waals surface area contributed by atoms with Crippen molar-refractivity contribution in [3.8, 4) is 46.0 Å². The Hall–Kier alpha value is -5.31. The summed E-state index contributed by atoms with van der Waals surface area (Å²) >= 11 is 0. The summed E-state index contributed by atoms with van der Waals surface area (Å²) in [6, 6.07) is 15.0. The molecule has 0 saturated carbocycles. The zero-order valence-corrected chi connectivity index (χ0v) is 23.4. The van der Waals surface area contributed by atoms with Crippen molar-refractivity contribution < 1.29 is 44.9 Å². The number of ketones is 1. The summed E-state index contributed by atoms with van der Waals surface area (Å²) in [4.78, 5) is 13.3. The molecule has 0 aliphatic carbocycles. The Balaban J connectivity index is 1.46. The van der Waals surface area contributed by atoms with Gasteiger partial charge in [-0.25, -0.2) is 0 Å². The van der Waals surface area contributed by atoms with Crippen LogP contribution in [0.1, 0.15) is 76.6 Å². The van der Waals surface area contributed by atoms with Gasteiger partial charge in [-0.1, -0.05) is 23.8 Å². The third kappa shape index (κ3) is 5.03. The van der Waals surface area contributed by atoms with Crippen molar-refractivity contribution in [3.63, 3.8) is 0 Å². The fourth-order valence-electron chi connectivity index (χ4n) is 5.85. The number of fused-ring (bicyclic) bond motifs is 2. The van der Waals surface area contributed by atoms with Crippen molar-refractivity contribution in [1.82, 2.24) is 0 Å². The highest BCUT2D eigenvalue weighted by Gasteiger charge is 2.40. The molecule has 0 amide bonds. The number of Topliss-reactive ketones (excluding diaryl/α,β-unsaturated/α-hetero) is 1. The average molecular weight is 583 g/mol. The number of benzene rings is 4. The summed E-state index contributed by atoms with van der Waals surface area (Å²) in [5.41, 5.74) is 3.46. The lowest BCUT2D eigenvalue weighted by atomic mass is 9.83. The minimum absolute atomic E-state index is 0.0179. The minimum atomic E-state index is -0.956. The van der Waals surface area contributed by atoms with Gasteiger partial charge in [-0.3, -0.25) is 4.79 Å². The number of hydrogen-bond acceptors (Lipinski definition) is 9. The number of carbonyl (C=O) groups is 1. The largest absolute Gasteiger partial charge is 0.508 e. The van der Waals surface area contributed by atoms with Crippen molar-refractivity contribution in [3.05, 3.63) is 106 Å². The third-order valence-electron chi connectivity index (χ3n) is 7.87. The van der Waals surface area contributed by atoms with Gasteiger partial charge < -0.3 is 40.1 Å². The van der Waals surface area contributed by atoms with Crippen LogP contribution in [0.2, 0.25) is 0 Å². The molecule has 6 rings (SSSR count). The molecule has 0 bridgehead atoms. The van der Waals surface area contributed by atoms with Crippen molar-refractivity contribution in [2.45, 2.75) is 44.8 Å². The molecule has 9 nitrogen and oxygen atoms in total. The number of aromatic hydroxyl groups is 6. The van der Waals surface area contributed by atoms with Crippen LogP contribution in [0.3, 0.4) is 0 Å². The Kier molecular flexibility index (Phi) is 6.80. The summed E-state index contributed by atoms with van der Waals surface area (Å²) in [6.45, 7) is 3.80. The Morgan fingerprint density at radius 2 is 1.47 bits per heavy atom. The van der Waals surface area contributed by atoms with E-state index in [1.165, 1.54) is 36.4 Å². The number of carbonyl (C=O) groups excluding carboxylic acids is 1. The summed E-state index contributed by atoms with van der Waals surface area (Å²) in [6.07, 6.45) is 0.346. The number of allylic oxidation sites excluding steroid dienone is 2. The van der Waals surface area contributed by atoms with Crippen LogP contribution in [0.4, 0.5) is 0 Å². The maximum atomic E-state index is 13.3. The lowest BCUT2D eigenvalue weighted by Gasteiger charge is -2.29. The minimum Gasteiger partial charge on any atom is -0.508 e. The van der Waals surface area contributed by atoms with E-state index in [4.69, 9.17) is 9.47 Å². The smallest absolute Gasteiger partial charge is 0.174 e. The summed E-state index contributed by atoms with van der Waals surface area (Å²) in [5, 5.41) is 62.7. The molecule has 9 heteroatoms. The van der Waals surface area contributed by atoms with Gasteiger partial charge in [0.1, 0.15) is 63.8 Å². The van der Waals surface area contributed by atoms with Crippen LogP contribution >= 0.6 is 0 Å².